The zero-order valence-corrected chi connectivity index (χ0v) is 9.99. The Morgan fingerprint density at radius 2 is 2.38 bits per heavy atom. The molecule has 1 aromatic rings. The van der Waals surface area contributed by atoms with Crippen LogP contribution in [0.3, 0.4) is 0 Å². The second-order valence-electron chi connectivity index (χ2n) is 4.35. The summed E-state index contributed by atoms with van der Waals surface area (Å²) in [6.45, 7) is 2.93. The molecular formula is C11H20N4O. The van der Waals surface area contributed by atoms with Crippen LogP contribution in [0.25, 0.3) is 0 Å². The summed E-state index contributed by atoms with van der Waals surface area (Å²) in [5.41, 5.74) is 0. The maximum Gasteiger partial charge on any atom is 0.242 e. The Kier molecular flexibility index (Phi) is 3.77. The molecule has 0 bridgehead atoms. The molecule has 1 heterocycles. The van der Waals surface area contributed by atoms with Crippen molar-refractivity contribution in [2.24, 2.45) is 0 Å². The van der Waals surface area contributed by atoms with Crippen LogP contribution in [0.5, 0.6) is 0 Å². The number of aromatic nitrogens is 3. The summed E-state index contributed by atoms with van der Waals surface area (Å²) in [5, 5.41) is 10.3. The van der Waals surface area contributed by atoms with E-state index in [0.717, 1.165) is 25.2 Å². The van der Waals surface area contributed by atoms with Gasteiger partial charge in [-0.25, -0.2) is 0 Å². The van der Waals surface area contributed by atoms with Crippen LogP contribution in [0.2, 0.25) is 0 Å². The zero-order valence-electron chi connectivity index (χ0n) is 9.99. The van der Waals surface area contributed by atoms with Crippen LogP contribution in [0.1, 0.15) is 44.3 Å². The summed E-state index contributed by atoms with van der Waals surface area (Å²) in [6.07, 6.45) is 4.91. The molecule has 1 unspecified atom stereocenters. The van der Waals surface area contributed by atoms with Gasteiger partial charge in [-0.15, -0.1) is 5.10 Å². The average Bonchev–Trinajstić information content (AvgIpc) is 3.04. The van der Waals surface area contributed by atoms with Crippen LogP contribution < -0.4 is 5.32 Å². The monoisotopic (exact) mass is 224 g/mol. The number of ether oxygens (including phenoxy) is 1. The van der Waals surface area contributed by atoms with Gasteiger partial charge in [-0.05, 0) is 19.3 Å². The number of hydrogen-bond donors (Lipinski definition) is 2. The first-order valence-electron chi connectivity index (χ1n) is 6.02. The van der Waals surface area contributed by atoms with Crippen LogP contribution in [0, 0.1) is 0 Å². The third kappa shape index (κ3) is 2.95. The number of nitrogens with zero attached hydrogens (tertiary/aromatic N) is 2. The van der Waals surface area contributed by atoms with E-state index in [2.05, 4.69) is 27.4 Å². The van der Waals surface area contributed by atoms with Crippen LogP contribution in [-0.2, 0) is 4.74 Å². The fourth-order valence-corrected chi connectivity index (χ4v) is 1.72. The third-order valence-corrected chi connectivity index (χ3v) is 2.90. The minimum absolute atomic E-state index is 0.243. The lowest BCUT2D eigenvalue weighted by Crippen LogP contribution is -2.22. The molecule has 1 aliphatic rings. The molecule has 1 atom stereocenters. The molecule has 1 aromatic heterocycles. The summed E-state index contributed by atoms with van der Waals surface area (Å²) in [7, 11) is 1.75. The van der Waals surface area contributed by atoms with Gasteiger partial charge in [0.1, 0.15) is 5.82 Å². The van der Waals surface area contributed by atoms with Gasteiger partial charge >= 0.3 is 0 Å². The molecule has 0 spiro atoms. The minimum atomic E-state index is 0.243. The molecule has 5 nitrogen and oxygen atoms in total. The second-order valence-corrected chi connectivity index (χ2v) is 4.35. The van der Waals surface area contributed by atoms with E-state index in [1.54, 1.807) is 7.11 Å². The van der Waals surface area contributed by atoms with E-state index >= 15 is 0 Å². The number of rotatable bonds is 7. The van der Waals surface area contributed by atoms with Crippen molar-refractivity contribution in [3.63, 3.8) is 0 Å². The highest BCUT2D eigenvalue weighted by molar-refractivity contribution is 5.24. The van der Waals surface area contributed by atoms with Crippen molar-refractivity contribution in [3.05, 3.63) is 5.82 Å². The van der Waals surface area contributed by atoms with Crippen molar-refractivity contribution in [2.45, 2.75) is 44.6 Å². The molecule has 1 fully saturated rings. The van der Waals surface area contributed by atoms with Crippen molar-refractivity contribution in [1.82, 2.24) is 15.2 Å². The first-order chi connectivity index (χ1) is 7.83. The summed E-state index contributed by atoms with van der Waals surface area (Å²) in [5.74, 6) is 2.34. The summed E-state index contributed by atoms with van der Waals surface area (Å²) in [4.78, 5) is 4.41. The molecule has 5 heteroatoms. The van der Waals surface area contributed by atoms with Gasteiger partial charge in [0.25, 0.3) is 0 Å². The van der Waals surface area contributed by atoms with E-state index < -0.39 is 0 Å². The number of anilines is 1. The molecule has 90 valence electrons. The lowest BCUT2D eigenvalue weighted by molar-refractivity contribution is 0.105. The number of H-pyrrole nitrogens is 1. The Morgan fingerprint density at radius 1 is 1.56 bits per heavy atom. The molecule has 0 radical (unpaired) electrons. The highest BCUT2D eigenvalue weighted by atomic mass is 16.5. The highest BCUT2D eigenvalue weighted by Gasteiger charge is 2.27. The maximum absolute atomic E-state index is 5.35. The van der Waals surface area contributed by atoms with Crippen molar-refractivity contribution in [2.75, 3.05) is 19.0 Å². The molecular weight excluding hydrogens is 204 g/mol. The fourth-order valence-electron chi connectivity index (χ4n) is 1.72. The minimum Gasteiger partial charge on any atom is -0.380 e. The predicted octanol–water partition coefficient (Wildman–Crippen LogP) is 1.91. The van der Waals surface area contributed by atoms with E-state index in [9.17, 15) is 0 Å². The number of methoxy groups -OCH3 is 1. The van der Waals surface area contributed by atoms with Crippen molar-refractivity contribution in [1.29, 1.82) is 0 Å². The van der Waals surface area contributed by atoms with Gasteiger partial charge in [0.2, 0.25) is 5.95 Å². The molecule has 1 aliphatic carbocycles. The summed E-state index contributed by atoms with van der Waals surface area (Å²) < 4.78 is 5.35. The Balaban J connectivity index is 1.78. The summed E-state index contributed by atoms with van der Waals surface area (Å²) >= 11 is 0. The predicted molar refractivity (Wildman–Crippen MR) is 62.6 cm³/mol. The SMILES string of the molecule is CCCC(CNc1n[nH]c(C2CC2)n1)OC. The van der Waals surface area contributed by atoms with Crippen LogP contribution in [0.4, 0.5) is 5.95 Å². The van der Waals surface area contributed by atoms with E-state index in [4.69, 9.17) is 4.74 Å². The Morgan fingerprint density at radius 3 is 3.00 bits per heavy atom. The Hall–Kier alpha value is -1.10. The molecule has 0 aromatic carbocycles. The lowest BCUT2D eigenvalue weighted by Gasteiger charge is -2.13. The first kappa shape index (κ1) is 11.4. The first-order valence-corrected chi connectivity index (χ1v) is 6.02. The maximum atomic E-state index is 5.35. The second kappa shape index (κ2) is 5.30. The molecule has 16 heavy (non-hydrogen) atoms. The highest BCUT2D eigenvalue weighted by Crippen LogP contribution is 2.38. The van der Waals surface area contributed by atoms with Crippen LogP contribution in [-0.4, -0.2) is 34.9 Å². The topological polar surface area (TPSA) is 62.8 Å². The summed E-state index contributed by atoms with van der Waals surface area (Å²) in [6, 6.07) is 0. The van der Waals surface area contributed by atoms with Gasteiger partial charge in [-0.3, -0.25) is 5.10 Å². The standard InChI is InChI=1S/C11H20N4O/c1-3-4-9(16-2)7-12-11-13-10(14-15-11)8-5-6-8/h8-9H,3-7H2,1-2H3,(H2,12,13,14,15). The number of nitrogens with one attached hydrogen (secondary N) is 2. The van der Waals surface area contributed by atoms with Gasteiger partial charge in [-0.1, -0.05) is 13.3 Å². The molecule has 0 saturated heterocycles. The quantitative estimate of drug-likeness (QED) is 0.742. The van der Waals surface area contributed by atoms with E-state index in [0.29, 0.717) is 11.9 Å². The molecule has 1 saturated carbocycles. The largest absolute Gasteiger partial charge is 0.380 e. The molecule has 2 N–H and O–H groups in total. The normalized spacial score (nSPS) is 17.4. The van der Waals surface area contributed by atoms with Gasteiger partial charge in [0.05, 0.1) is 6.10 Å². The molecule has 0 amide bonds. The third-order valence-electron chi connectivity index (χ3n) is 2.90. The Bertz CT molecular complexity index is 322. The van der Waals surface area contributed by atoms with Gasteiger partial charge in [0.15, 0.2) is 0 Å². The average molecular weight is 224 g/mol. The smallest absolute Gasteiger partial charge is 0.242 e. The van der Waals surface area contributed by atoms with Gasteiger partial charge in [0, 0.05) is 19.6 Å². The van der Waals surface area contributed by atoms with Crippen LogP contribution in [0.15, 0.2) is 0 Å². The number of aromatic amines is 1. The lowest BCUT2D eigenvalue weighted by atomic mass is 10.2. The molecule has 2 rings (SSSR count). The van der Waals surface area contributed by atoms with Crippen molar-refractivity contribution >= 4 is 5.95 Å². The fraction of sp³-hybridized carbons (Fsp3) is 0.818. The van der Waals surface area contributed by atoms with E-state index in [1.807, 2.05) is 0 Å². The number of hydrogen-bond acceptors (Lipinski definition) is 4. The van der Waals surface area contributed by atoms with Crippen LogP contribution >= 0.6 is 0 Å². The van der Waals surface area contributed by atoms with E-state index in [-0.39, 0.29) is 6.10 Å². The zero-order chi connectivity index (χ0) is 11.4. The van der Waals surface area contributed by atoms with Crippen molar-refractivity contribution in [3.8, 4) is 0 Å². The van der Waals surface area contributed by atoms with E-state index in [1.165, 1.54) is 12.8 Å². The molecule has 0 aliphatic heterocycles. The van der Waals surface area contributed by atoms with Crippen molar-refractivity contribution < 1.29 is 4.74 Å². The van der Waals surface area contributed by atoms with Gasteiger partial charge in [-0.2, -0.15) is 4.98 Å². The van der Waals surface area contributed by atoms with Gasteiger partial charge < -0.3 is 10.1 Å². The Labute approximate surface area is 96.0 Å².